The molecule has 0 amide bonds. The Morgan fingerprint density at radius 2 is 2.38 bits per heavy atom. The lowest BCUT2D eigenvalue weighted by Crippen LogP contribution is -2.25. The highest BCUT2D eigenvalue weighted by molar-refractivity contribution is 5.79. The Bertz CT molecular complexity index is 196. The molecule has 0 aromatic rings. The second kappa shape index (κ2) is 7.44. The Hall–Kier alpha value is -1.21. The van der Waals surface area contributed by atoms with Gasteiger partial charge in [-0.2, -0.15) is 0 Å². The topological polar surface area (TPSA) is 70.6 Å². The van der Waals surface area contributed by atoms with Crippen molar-refractivity contribution in [2.75, 3.05) is 6.54 Å². The number of rotatable bonds is 6. The summed E-state index contributed by atoms with van der Waals surface area (Å²) >= 11 is 0. The summed E-state index contributed by atoms with van der Waals surface area (Å²) in [4.78, 5) is 0. The van der Waals surface area contributed by atoms with Gasteiger partial charge < -0.3 is 16.3 Å². The average molecular weight is 183 g/mol. The Balaban J connectivity index is 3.23. The number of nitrogens with one attached hydrogen (secondary N) is 1. The van der Waals surface area contributed by atoms with Gasteiger partial charge >= 0.3 is 0 Å². The lowest BCUT2D eigenvalue weighted by atomic mass is 10.2. The summed E-state index contributed by atoms with van der Waals surface area (Å²) in [5, 5.41) is 14.3. The van der Waals surface area contributed by atoms with Crippen LogP contribution in [0.15, 0.2) is 5.16 Å². The fraction of sp³-hybridized carbons (Fsp3) is 0.667. The molecule has 0 aliphatic carbocycles. The Morgan fingerprint density at radius 1 is 1.69 bits per heavy atom. The van der Waals surface area contributed by atoms with Crippen molar-refractivity contribution in [1.82, 2.24) is 5.32 Å². The highest BCUT2D eigenvalue weighted by Crippen LogP contribution is 1.94. The molecule has 0 fully saturated rings. The monoisotopic (exact) mass is 183 g/mol. The van der Waals surface area contributed by atoms with Crippen molar-refractivity contribution in [3.05, 3.63) is 0 Å². The summed E-state index contributed by atoms with van der Waals surface area (Å²) in [7, 11) is 0. The fourth-order valence-electron chi connectivity index (χ4n) is 0.859. The molecule has 0 spiro atoms. The molecular weight excluding hydrogens is 166 g/mol. The Labute approximate surface area is 79.2 Å². The molecule has 74 valence electrons. The molecule has 4 nitrogen and oxygen atoms in total. The van der Waals surface area contributed by atoms with E-state index >= 15 is 0 Å². The van der Waals surface area contributed by atoms with Crippen LogP contribution in [0.1, 0.15) is 26.2 Å². The first-order chi connectivity index (χ1) is 6.20. The number of nitrogens with zero attached hydrogens (tertiary/aromatic N) is 1. The van der Waals surface area contributed by atoms with E-state index < -0.39 is 0 Å². The zero-order valence-electron chi connectivity index (χ0n) is 7.95. The van der Waals surface area contributed by atoms with Gasteiger partial charge in [-0.05, 0) is 26.3 Å². The number of hydrogen-bond donors (Lipinski definition) is 3. The minimum Gasteiger partial charge on any atom is -0.409 e. The smallest absolute Gasteiger partial charge is 0.139 e. The Morgan fingerprint density at radius 3 is 2.92 bits per heavy atom. The van der Waals surface area contributed by atoms with Crippen molar-refractivity contribution >= 4 is 5.84 Å². The zero-order chi connectivity index (χ0) is 10.1. The van der Waals surface area contributed by atoms with E-state index in [9.17, 15) is 0 Å². The SMILES string of the molecule is C#CC(C)NCCCCC(N)=NO. The molecule has 0 aromatic carbocycles. The van der Waals surface area contributed by atoms with Crippen molar-refractivity contribution in [1.29, 1.82) is 0 Å². The summed E-state index contributed by atoms with van der Waals surface area (Å²) in [5.74, 6) is 2.86. The summed E-state index contributed by atoms with van der Waals surface area (Å²) in [5.41, 5.74) is 5.29. The molecule has 13 heavy (non-hydrogen) atoms. The van der Waals surface area contributed by atoms with Crippen LogP contribution in [-0.4, -0.2) is 23.6 Å². The lowest BCUT2D eigenvalue weighted by Gasteiger charge is -2.06. The molecule has 4 heteroatoms. The van der Waals surface area contributed by atoms with E-state index in [2.05, 4.69) is 16.4 Å². The van der Waals surface area contributed by atoms with Crippen molar-refractivity contribution in [2.24, 2.45) is 10.9 Å². The van der Waals surface area contributed by atoms with Crippen LogP contribution in [0, 0.1) is 12.3 Å². The van der Waals surface area contributed by atoms with E-state index in [-0.39, 0.29) is 11.9 Å². The van der Waals surface area contributed by atoms with Gasteiger partial charge in [-0.15, -0.1) is 6.42 Å². The predicted molar refractivity (Wildman–Crippen MR) is 53.6 cm³/mol. The number of nitrogens with two attached hydrogens (primary N) is 1. The van der Waals surface area contributed by atoms with Gasteiger partial charge in [0.15, 0.2) is 0 Å². The molecule has 1 unspecified atom stereocenters. The van der Waals surface area contributed by atoms with Gasteiger partial charge in [0, 0.05) is 6.42 Å². The van der Waals surface area contributed by atoms with E-state index in [1.807, 2.05) is 6.92 Å². The van der Waals surface area contributed by atoms with Crippen molar-refractivity contribution < 1.29 is 5.21 Å². The van der Waals surface area contributed by atoms with E-state index in [0.717, 1.165) is 19.4 Å². The standard InChI is InChI=1S/C9H17N3O/c1-3-8(2)11-7-5-4-6-9(10)12-13/h1,8,11,13H,4-7H2,2H3,(H2,10,12). The van der Waals surface area contributed by atoms with Gasteiger partial charge in [0.2, 0.25) is 0 Å². The molecular formula is C9H17N3O. The van der Waals surface area contributed by atoms with Crippen LogP contribution in [0.5, 0.6) is 0 Å². The molecule has 0 radical (unpaired) electrons. The third-order valence-electron chi connectivity index (χ3n) is 1.69. The van der Waals surface area contributed by atoms with Gasteiger partial charge in [-0.25, -0.2) is 0 Å². The van der Waals surface area contributed by atoms with Gasteiger partial charge in [-0.3, -0.25) is 0 Å². The number of terminal acetylenes is 1. The van der Waals surface area contributed by atoms with Crippen LogP contribution in [0.3, 0.4) is 0 Å². The largest absolute Gasteiger partial charge is 0.409 e. The summed E-state index contributed by atoms with van der Waals surface area (Å²) in [6.45, 7) is 2.80. The lowest BCUT2D eigenvalue weighted by molar-refractivity contribution is 0.316. The third-order valence-corrected chi connectivity index (χ3v) is 1.69. The second-order valence-electron chi connectivity index (χ2n) is 2.89. The first-order valence-electron chi connectivity index (χ1n) is 4.36. The molecule has 0 aromatic heterocycles. The maximum absolute atomic E-state index is 8.24. The van der Waals surface area contributed by atoms with Crippen LogP contribution in [0.4, 0.5) is 0 Å². The van der Waals surface area contributed by atoms with Crippen LogP contribution in [0.25, 0.3) is 0 Å². The maximum Gasteiger partial charge on any atom is 0.139 e. The molecule has 0 aliphatic heterocycles. The first kappa shape index (κ1) is 11.8. The summed E-state index contributed by atoms with van der Waals surface area (Å²) in [6.07, 6.45) is 7.68. The van der Waals surface area contributed by atoms with Crippen LogP contribution in [0.2, 0.25) is 0 Å². The average Bonchev–Trinajstić information content (AvgIpc) is 2.16. The third kappa shape index (κ3) is 7.16. The number of oxime groups is 1. The number of unbranched alkanes of at least 4 members (excludes halogenated alkanes) is 1. The van der Waals surface area contributed by atoms with Crippen molar-refractivity contribution in [3.8, 4) is 12.3 Å². The maximum atomic E-state index is 8.24. The van der Waals surface area contributed by atoms with Crippen LogP contribution >= 0.6 is 0 Å². The molecule has 4 N–H and O–H groups in total. The van der Waals surface area contributed by atoms with Crippen LogP contribution in [-0.2, 0) is 0 Å². The molecule has 1 atom stereocenters. The van der Waals surface area contributed by atoms with Crippen molar-refractivity contribution in [2.45, 2.75) is 32.2 Å². The van der Waals surface area contributed by atoms with E-state index in [4.69, 9.17) is 17.4 Å². The number of amidine groups is 1. The van der Waals surface area contributed by atoms with Gasteiger partial charge in [0.25, 0.3) is 0 Å². The molecule has 0 saturated heterocycles. The van der Waals surface area contributed by atoms with E-state index in [1.165, 1.54) is 0 Å². The minimum absolute atomic E-state index is 0.115. The van der Waals surface area contributed by atoms with Crippen LogP contribution < -0.4 is 11.1 Å². The van der Waals surface area contributed by atoms with Gasteiger partial charge in [-0.1, -0.05) is 11.1 Å². The highest BCUT2D eigenvalue weighted by Gasteiger charge is 1.96. The van der Waals surface area contributed by atoms with Crippen molar-refractivity contribution in [3.63, 3.8) is 0 Å². The second-order valence-corrected chi connectivity index (χ2v) is 2.89. The summed E-state index contributed by atoms with van der Waals surface area (Å²) in [6, 6.07) is 0.115. The minimum atomic E-state index is 0.115. The normalized spacial score (nSPS) is 13.7. The summed E-state index contributed by atoms with van der Waals surface area (Å²) < 4.78 is 0. The Kier molecular flexibility index (Phi) is 6.75. The predicted octanol–water partition coefficient (Wildman–Crippen LogP) is 0.514. The number of hydrogen-bond acceptors (Lipinski definition) is 3. The molecule has 0 saturated carbocycles. The van der Waals surface area contributed by atoms with E-state index in [0.29, 0.717) is 6.42 Å². The molecule has 0 bridgehead atoms. The fourth-order valence-corrected chi connectivity index (χ4v) is 0.859. The molecule has 0 aliphatic rings. The first-order valence-corrected chi connectivity index (χ1v) is 4.36. The zero-order valence-corrected chi connectivity index (χ0v) is 7.95. The van der Waals surface area contributed by atoms with Gasteiger partial charge in [0.05, 0.1) is 6.04 Å². The molecule has 0 heterocycles. The molecule has 0 rings (SSSR count). The van der Waals surface area contributed by atoms with E-state index in [1.54, 1.807) is 0 Å². The quantitative estimate of drug-likeness (QED) is 0.140. The highest BCUT2D eigenvalue weighted by atomic mass is 16.4. The van der Waals surface area contributed by atoms with Gasteiger partial charge in [0.1, 0.15) is 5.84 Å².